The van der Waals surface area contributed by atoms with Crippen LogP contribution in [-0.4, -0.2) is 27.5 Å². The number of carbonyl (C=O) groups is 1. The number of ether oxygens (including phenoxy) is 1. The Bertz CT molecular complexity index is 342. The summed E-state index contributed by atoms with van der Waals surface area (Å²) in [4.78, 5) is 29.4. The maximum Gasteiger partial charge on any atom is 0.470 e. The molecule has 1 atom stereocenters. The summed E-state index contributed by atoms with van der Waals surface area (Å²) < 4.78 is 21.2. The van der Waals surface area contributed by atoms with E-state index in [1.54, 1.807) is 6.92 Å². The maximum atomic E-state index is 11.3. The molecule has 112 valence electrons. The van der Waals surface area contributed by atoms with E-state index in [1.165, 1.54) is 0 Å². The molecular formula is C12H23O6P. The van der Waals surface area contributed by atoms with E-state index < -0.39 is 25.5 Å². The molecule has 0 aliphatic carbocycles. The largest absolute Gasteiger partial charge is 0.470 e. The van der Waals surface area contributed by atoms with Crippen molar-refractivity contribution in [3.05, 3.63) is 12.7 Å². The highest BCUT2D eigenvalue weighted by atomic mass is 31.2. The standard InChI is InChI=1S/C12H23O6P/c1-5-8-12(9-6-2,18-19(14,15)16)10(4)17-11(13)7-3/h7,10H,3,5-6,8-9H2,1-2,4H3,(H2,14,15,16). The molecule has 0 aromatic heterocycles. The fourth-order valence-electron chi connectivity index (χ4n) is 2.11. The minimum Gasteiger partial charge on any atom is -0.456 e. The molecule has 0 aliphatic rings. The van der Waals surface area contributed by atoms with E-state index in [-0.39, 0.29) is 0 Å². The number of carbonyl (C=O) groups excluding carboxylic acids is 1. The topological polar surface area (TPSA) is 93.1 Å². The Morgan fingerprint density at radius 3 is 2.16 bits per heavy atom. The Hall–Kier alpha value is -0.680. The second-order valence-electron chi connectivity index (χ2n) is 4.43. The van der Waals surface area contributed by atoms with Crippen LogP contribution in [0.5, 0.6) is 0 Å². The third-order valence-corrected chi connectivity index (χ3v) is 3.45. The Kier molecular flexibility index (Phi) is 7.52. The molecule has 0 saturated carbocycles. The molecule has 0 aromatic carbocycles. The van der Waals surface area contributed by atoms with Gasteiger partial charge in [-0.1, -0.05) is 33.3 Å². The molecule has 0 heterocycles. The smallest absolute Gasteiger partial charge is 0.456 e. The van der Waals surface area contributed by atoms with Gasteiger partial charge >= 0.3 is 13.8 Å². The molecule has 0 rings (SSSR count). The Balaban J connectivity index is 5.23. The zero-order chi connectivity index (χ0) is 15.1. The molecule has 2 N–H and O–H groups in total. The summed E-state index contributed by atoms with van der Waals surface area (Å²) in [5.74, 6) is -0.640. The second kappa shape index (κ2) is 7.80. The van der Waals surface area contributed by atoms with Gasteiger partial charge in [-0.05, 0) is 19.8 Å². The van der Waals surface area contributed by atoms with Crippen LogP contribution in [0.25, 0.3) is 0 Å². The van der Waals surface area contributed by atoms with Crippen molar-refractivity contribution in [2.75, 3.05) is 0 Å². The van der Waals surface area contributed by atoms with Gasteiger partial charge in [0.1, 0.15) is 11.7 Å². The summed E-state index contributed by atoms with van der Waals surface area (Å²) in [5.41, 5.74) is -1.18. The Morgan fingerprint density at radius 1 is 1.37 bits per heavy atom. The van der Waals surface area contributed by atoms with Crippen LogP contribution in [0.1, 0.15) is 46.5 Å². The molecular weight excluding hydrogens is 271 g/mol. The summed E-state index contributed by atoms with van der Waals surface area (Å²) in [6.45, 7) is 8.61. The molecule has 0 fully saturated rings. The van der Waals surface area contributed by atoms with Gasteiger partial charge < -0.3 is 14.5 Å². The molecule has 0 amide bonds. The molecule has 6 nitrogen and oxygen atoms in total. The number of phosphoric ester groups is 1. The lowest BCUT2D eigenvalue weighted by Crippen LogP contribution is -2.45. The number of rotatable bonds is 9. The van der Waals surface area contributed by atoms with Crippen LogP contribution in [-0.2, 0) is 18.6 Å². The SMILES string of the molecule is C=CC(=O)OC(C)C(CCC)(CCC)OP(=O)(O)O. The number of hydrogen-bond acceptors (Lipinski definition) is 4. The van der Waals surface area contributed by atoms with Gasteiger partial charge in [0, 0.05) is 6.08 Å². The summed E-state index contributed by atoms with van der Waals surface area (Å²) in [5, 5.41) is 0. The fraction of sp³-hybridized carbons (Fsp3) is 0.750. The number of hydrogen-bond donors (Lipinski definition) is 2. The van der Waals surface area contributed by atoms with Gasteiger partial charge in [-0.25, -0.2) is 9.36 Å². The predicted molar refractivity (Wildman–Crippen MR) is 71.4 cm³/mol. The summed E-state index contributed by atoms with van der Waals surface area (Å²) in [6.07, 6.45) is 2.31. The lowest BCUT2D eigenvalue weighted by Gasteiger charge is -2.37. The van der Waals surface area contributed by atoms with Crippen LogP contribution >= 0.6 is 7.82 Å². The molecule has 7 heteroatoms. The lowest BCUT2D eigenvalue weighted by atomic mass is 9.87. The predicted octanol–water partition coefficient (Wildman–Crippen LogP) is 2.55. The Labute approximate surface area is 114 Å². The van der Waals surface area contributed by atoms with E-state index in [2.05, 4.69) is 6.58 Å². The first-order valence-corrected chi connectivity index (χ1v) is 7.83. The van der Waals surface area contributed by atoms with Crippen LogP contribution < -0.4 is 0 Å². The van der Waals surface area contributed by atoms with Crippen LogP contribution in [0.15, 0.2) is 12.7 Å². The van der Waals surface area contributed by atoms with Crippen LogP contribution in [0.4, 0.5) is 0 Å². The third-order valence-electron chi connectivity index (χ3n) is 2.85. The van der Waals surface area contributed by atoms with Gasteiger partial charge in [-0.2, -0.15) is 0 Å². The van der Waals surface area contributed by atoms with E-state index in [9.17, 15) is 9.36 Å². The zero-order valence-electron chi connectivity index (χ0n) is 11.7. The average molecular weight is 294 g/mol. The lowest BCUT2D eigenvalue weighted by molar-refractivity contribution is -0.157. The molecule has 0 aliphatic heterocycles. The molecule has 0 aromatic rings. The second-order valence-corrected chi connectivity index (χ2v) is 5.59. The van der Waals surface area contributed by atoms with Gasteiger partial charge in [-0.3, -0.25) is 4.52 Å². The van der Waals surface area contributed by atoms with Crippen molar-refractivity contribution in [1.29, 1.82) is 0 Å². The van der Waals surface area contributed by atoms with Crippen molar-refractivity contribution in [3.8, 4) is 0 Å². The number of phosphoric acid groups is 1. The monoisotopic (exact) mass is 294 g/mol. The first-order chi connectivity index (χ1) is 8.70. The normalized spacial score (nSPS) is 13.9. The number of esters is 1. The van der Waals surface area contributed by atoms with Gasteiger partial charge in [0.15, 0.2) is 0 Å². The quantitative estimate of drug-likeness (QED) is 0.385. The average Bonchev–Trinajstić information content (AvgIpc) is 2.27. The summed E-state index contributed by atoms with van der Waals surface area (Å²) >= 11 is 0. The fourth-order valence-corrected chi connectivity index (χ4v) is 2.91. The van der Waals surface area contributed by atoms with E-state index >= 15 is 0 Å². The van der Waals surface area contributed by atoms with E-state index in [0.29, 0.717) is 25.7 Å². The Morgan fingerprint density at radius 2 is 1.84 bits per heavy atom. The van der Waals surface area contributed by atoms with E-state index in [0.717, 1.165) is 6.08 Å². The van der Waals surface area contributed by atoms with Gasteiger partial charge in [0.05, 0.1) is 0 Å². The van der Waals surface area contributed by atoms with Crippen molar-refractivity contribution in [1.82, 2.24) is 0 Å². The molecule has 19 heavy (non-hydrogen) atoms. The summed E-state index contributed by atoms with van der Waals surface area (Å²) in [7, 11) is -4.67. The van der Waals surface area contributed by atoms with Gasteiger partial charge in [-0.15, -0.1) is 0 Å². The summed E-state index contributed by atoms with van der Waals surface area (Å²) in [6, 6.07) is 0. The van der Waals surface area contributed by atoms with Crippen molar-refractivity contribution >= 4 is 13.8 Å². The molecule has 0 saturated heterocycles. The minimum absolute atomic E-state index is 0.386. The first-order valence-electron chi connectivity index (χ1n) is 6.30. The zero-order valence-corrected chi connectivity index (χ0v) is 12.6. The highest BCUT2D eigenvalue weighted by molar-refractivity contribution is 7.46. The van der Waals surface area contributed by atoms with E-state index in [1.807, 2.05) is 13.8 Å². The molecule has 1 unspecified atom stereocenters. The van der Waals surface area contributed by atoms with Gasteiger partial charge in [0.2, 0.25) is 0 Å². The van der Waals surface area contributed by atoms with Crippen LogP contribution in [0.2, 0.25) is 0 Å². The van der Waals surface area contributed by atoms with Crippen LogP contribution in [0, 0.1) is 0 Å². The van der Waals surface area contributed by atoms with Gasteiger partial charge in [0.25, 0.3) is 0 Å². The highest BCUT2D eigenvalue weighted by Crippen LogP contribution is 2.46. The first kappa shape index (κ1) is 18.3. The minimum atomic E-state index is -4.67. The molecule has 0 bridgehead atoms. The van der Waals surface area contributed by atoms with Crippen molar-refractivity contribution in [2.45, 2.75) is 58.2 Å². The van der Waals surface area contributed by atoms with Crippen LogP contribution in [0.3, 0.4) is 0 Å². The third kappa shape index (κ3) is 6.34. The van der Waals surface area contributed by atoms with Crippen molar-refractivity contribution < 1.29 is 28.4 Å². The van der Waals surface area contributed by atoms with Crippen molar-refractivity contribution in [2.24, 2.45) is 0 Å². The highest BCUT2D eigenvalue weighted by Gasteiger charge is 2.43. The molecule has 0 radical (unpaired) electrons. The van der Waals surface area contributed by atoms with Crippen molar-refractivity contribution in [3.63, 3.8) is 0 Å². The molecule has 0 spiro atoms. The van der Waals surface area contributed by atoms with E-state index in [4.69, 9.17) is 19.0 Å². The maximum absolute atomic E-state index is 11.3.